The summed E-state index contributed by atoms with van der Waals surface area (Å²) in [5.41, 5.74) is 1.05. The van der Waals surface area contributed by atoms with Gasteiger partial charge in [-0.2, -0.15) is 0 Å². The van der Waals surface area contributed by atoms with Gasteiger partial charge in [-0.15, -0.1) is 0 Å². The number of aliphatic hydroxyl groups excluding tert-OH is 1. The molecule has 0 spiro atoms. The molecule has 1 heterocycles. The smallest absolute Gasteiger partial charge is 0.122 e. The Balaban J connectivity index is 2.31. The Morgan fingerprint density at radius 3 is 2.21 bits per heavy atom. The second-order valence-corrected chi connectivity index (χ2v) is 3.06. The molecule has 0 atom stereocenters. The average molecular weight is 186 g/mol. The van der Waals surface area contributed by atoms with Gasteiger partial charge >= 0.3 is 0 Å². The van der Waals surface area contributed by atoms with Crippen LogP contribution in [0.15, 0.2) is 54.9 Å². The molecule has 71 valence electrons. The van der Waals surface area contributed by atoms with Gasteiger partial charge in [-0.05, 0) is 17.7 Å². The predicted molar refractivity (Wildman–Crippen MR) is 55.7 cm³/mol. The second-order valence-electron chi connectivity index (χ2n) is 3.06. The molecule has 0 amide bonds. The summed E-state index contributed by atoms with van der Waals surface area (Å²) in [4.78, 5) is 0. The molecular weight excluding hydrogens is 174 g/mol. The summed E-state index contributed by atoms with van der Waals surface area (Å²) in [6.07, 6.45) is 3.86. The molecule has 0 aliphatic rings. The minimum absolute atomic E-state index is 0.0404. The van der Waals surface area contributed by atoms with E-state index in [1.807, 2.05) is 59.4 Å². The molecule has 0 fully saturated rings. The number of aromatic nitrogens is 1. The van der Waals surface area contributed by atoms with Crippen LogP contribution in [-0.4, -0.2) is 16.3 Å². The molecule has 2 aromatic rings. The van der Waals surface area contributed by atoms with Gasteiger partial charge in [-0.3, -0.25) is 0 Å². The number of hydrogen-bond donors (Lipinski definition) is 1. The van der Waals surface area contributed by atoms with Crippen LogP contribution in [0.5, 0.6) is 0 Å². The van der Waals surface area contributed by atoms with Crippen LogP contribution < -0.4 is 0 Å². The summed E-state index contributed by atoms with van der Waals surface area (Å²) in [5, 5.41) is 9.29. The first-order valence-electron chi connectivity index (χ1n) is 4.57. The molecule has 0 bridgehead atoms. The second kappa shape index (κ2) is 4.11. The lowest BCUT2D eigenvalue weighted by molar-refractivity contribution is 0.303. The van der Waals surface area contributed by atoms with Crippen LogP contribution in [-0.2, 0) is 0 Å². The van der Waals surface area contributed by atoms with E-state index < -0.39 is 0 Å². The van der Waals surface area contributed by atoms with Crippen molar-refractivity contribution in [1.82, 2.24) is 4.57 Å². The molecular formula is C12H12NO. The highest BCUT2D eigenvalue weighted by molar-refractivity contribution is 5.31. The highest BCUT2D eigenvalue weighted by Crippen LogP contribution is 2.16. The SMILES string of the molecule is OC[C](c1ccccc1)n1cccc1. The molecule has 1 aromatic carbocycles. The maximum absolute atomic E-state index is 9.29. The minimum atomic E-state index is 0.0404. The molecule has 0 saturated heterocycles. The first-order chi connectivity index (χ1) is 6.92. The van der Waals surface area contributed by atoms with Crippen molar-refractivity contribution in [3.05, 3.63) is 66.5 Å². The van der Waals surface area contributed by atoms with Gasteiger partial charge in [-0.1, -0.05) is 30.3 Å². The predicted octanol–water partition coefficient (Wildman–Crippen LogP) is 1.91. The van der Waals surface area contributed by atoms with Crippen LogP contribution in [0.1, 0.15) is 5.56 Å². The molecule has 0 unspecified atom stereocenters. The molecule has 14 heavy (non-hydrogen) atoms. The fourth-order valence-corrected chi connectivity index (χ4v) is 1.47. The maximum Gasteiger partial charge on any atom is 0.122 e. The highest BCUT2D eigenvalue weighted by Gasteiger charge is 2.11. The van der Waals surface area contributed by atoms with E-state index in [1.54, 1.807) is 0 Å². The van der Waals surface area contributed by atoms with Crippen LogP contribution in [0.3, 0.4) is 0 Å². The molecule has 2 heteroatoms. The molecule has 1 aromatic heterocycles. The summed E-state index contributed by atoms with van der Waals surface area (Å²) < 4.78 is 1.93. The van der Waals surface area contributed by atoms with Gasteiger partial charge < -0.3 is 9.67 Å². The number of hydrogen-bond acceptors (Lipinski definition) is 1. The van der Waals surface area contributed by atoms with Crippen molar-refractivity contribution in [2.75, 3.05) is 6.61 Å². The molecule has 0 aliphatic heterocycles. The van der Waals surface area contributed by atoms with Gasteiger partial charge in [0, 0.05) is 12.4 Å². The Kier molecular flexibility index (Phi) is 2.65. The number of nitrogens with zero attached hydrogens (tertiary/aromatic N) is 1. The largest absolute Gasteiger partial charge is 0.393 e. The Bertz CT molecular complexity index is 366. The Labute approximate surface area is 83.4 Å². The number of rotatable bonds is 3. The van der Waals surface area contributed by atoms with Crippen molar-refractivity contribution in [2.45, 2.75) is 0 Å². The zero-order chi connectivity index (χ0) is 9.80. The Morgan fingerprint density at radius 1 is 1.00 bits per heavy atom. The van der Waals surface area contributed by atoms with Gasteiger partial charge in [0.25, 0.3) is 0 Å². The summed E-state index contributed by atoms with van der Waals surface area (Å²) in [6, 6.07) is 14.7. The summed E-state index contributed by atoms with van der Waals surface area (Å²) >= 11 is 0. The molecule has 2 rings (SSSR count). The quantitative estimate of drug-likeness (QED) is 0.778. The zero-order valence-electron chi connectivity index (χ0n) is 7.80. The molecule has 0 aliphatic carbocycles. The fraction of sp³-hybridized carbons (Fsp3) is 0.0833. The molecule has 0 saturated carbocycles. The van der Waals surface area contributed by atoms with Crippen LogP contribution >= 0.6 is 0 Å². The lowest BCUT2D eigenvalue weighted by Gasteiger charge is -2.14. The van der Waals surface area contributed by atoms with E-state index in [1.165, 1.54) is 0 Å². The Hall–Kier alpha value is -1.54. The van der Waals surface area contributed by atoms with Crippen molar-refractivity contribution in [1.29, 1.82) is 0 Å². The molecule has 1 radical (unpaired) electrons. The van der Waals surface area contributed by atoms with Gasteiger partial charge in [0.1, 0.15) is 6.04 Å². The molecule has 2 nitrogen and oxygen atoms in total. The third kappa shape index (κ3) is 1.70. The van der Waals surface area contributed by atoms with Crippen LogP contribution in [0.2, 0.25) is 0 Å². The normalized spacial score (nSPS) is 10.7. The van der Waals surface area contributed by atoms with Crippen molar-refractivity contribution < 1.29 is 5.11 Å². The maximum atomic E-state index is 9.29. The van der Waals surface area contributed by atoms with E-state index in [9.17, 15) is 5.11 Å². The van der Waals surface area contributed by atoms with Gasteiger partial charge in [-0.25, -0.2) is 0 Å². The van der Waals surface area contributed by atoms with Crippen molar-refractivity contribution >= 4 is 0 Å². The van der Waals surface area contributed by atoms with Crippen molar-refractivity contribution in [2.24, 2.45) is 0 Å². The topological polar surface area (TPSA) is 25.2 Å². The monoisotopic (exact) mass is 186 g/mol. The van der Waals surface area contributed by atoms with E-state index in [0.717, 1.165) is 11.6 Å². The van der Waals surface area contributed by atoms with Crippen LogP contribution in [0, 0.1) is 6.04 Å². The van der Waals surface area contributed by atoms with E-state index >= 15 is 0 Å². The fourth-order valence-electron chi connectivity index (χ4n) is 1.47. The van der Waals surface area contributed by atoms with E-state index in [0.29, 0.717) is 0 Å². The minimum Gasteiger partial charge on any atom is -0.393 e. The molecule has 1 N–H and O–H groups in total. The van der Waals surface area contributed by atoms with Gasteiger partial charge in [0.15, 0.2) is 0 Å². The zero-order valence-corrected chi connectivity index (χ0v) is 7.80. The Morgan fingerprint density at radius 2 is 1.64 bits per heavy atom. The van der Waals surface area contributed by atoms with E-state index in [2.05, 4.69) is 0 Å². The van der Waals surface area contributed by atoms with Crippen molar-refractivity contribution in [3.63, 3.8) is 0 Å². The summed E-state index contributed by atoms with van der Waals surface area (Å²) in [6.45, 7) is 0.0404. The third-order valence-corrected chi connectivity index (χ3v) is 2.17. The van der Waals surface area contributed by atoms with Gasteiger partial charge in [0.05, 0.1) is 6.61 Å². The van der Waals surface area contributed by atoms with Crippen LogP contribution in [0.25, 0.3) is 0 Å². The summed E-state index contributed by atoms with van der Waals surface area (Å²) in [7, 11) is 0. The standard InChI is InChI=1S/C12H12NO/c14-10-12(13-8-4-5-9-13)11-6-2-1-3-7-11/h1-9,14H,10H2. The van der Waals surface area contributed by atoms with E-state index in [-0.39, 0.29) is 6.61 Å². The first kappa shape index (κ1) is 9.03. The van der Waals surface area contributed by atoms with Crippen LogP contribution in [0.4, 0.5) is 0 Å². The van der Waals surface area contributed by atoms with Crippen molar-refractivity contribution in [3.8, 4) is 0 Å². The summed E-state index contributed by atoms with van der Waals surface area (Å²) in [5.74, 6) is 0. The number of aliphatic hydroxyl groups is 1. The highest BCUT2D eigenvalue weighted by atomic mass is 16.3. The lowest BCUT2D eigenvalue weighted by Crippen LogP contribution is -2.13. The number of benzene rings is 1. The third-order valence-electron chi connectivity index (χ3n) is 2.17. The van der Waals surface area contributed by atoms with Gasteiger partial charge in [0.2, 0.25) is 0 Å². The average Bonchev–Trinajstić information content (AvgIpc) is 2.74. The lowest BCUT2D eigenvalue weighted by atomic mass is 10.1. The first-order valence-corrected chi connectivity index (χ1v) is 4.57. The van der Waals surface area contributed by atoms with E-state index in [4.69, 9.17) is 0 Å².